The minimum Gasteiger partial charge on any atom is -0.481 e. The summed E-state index contributed by atoms with van der Waals surface area (Å²) in [5.41, 5.74) is 2.07. The molecule has 1 aromatic carbocycles. The lowest BCUT2D eigenvalue weighted by Gasteiger charge is -2.09. The van der Waals surface area contributed by atoms with E-state index in [1.165, 1.54) is 17.3 Å². The van der Waals surface area contributed by atoms with Crippen LogP contribution < -0.4 is 0 Å². The molecule has 0 aliphatic carbocycles. The molecule has 122 valence electrons. The van der Waals surface area contributed by atoms with Gasteiger partial charge in [0.15, 0.2) is 11.0 Å². The van der Waals surface area contributed by atoms with E-state index < -0.39 is 5.97 Å². The molecular formula is C17H16N4O2S. The molecule has 0 saturated carbocycles. The Hall–Kier alpha value is -2.67. The third-order valence-corrected chi connectivity index (χ3v) is 4.38. The fraction of sp³-hybridized carbons (Fsp3) is 0.176. The summed E-state index contributed by atoms with van der Waals surface area (Å²) in [5.74, 6) is -0.219. The van der Waals surface area contributed by atoms with Crippen molar-refractivity contribution in [3.8, 4) is 11.4 Å². The van der Waals surface area contributed by atoms with E-state index in [1.807, 2.05) is 34.9 Å². The highest BCUT2D eigenvalue weighted by Gasteiger charge is 2.15. The van der Waals surface area contributed by atoms with E-state index in [9.17, 15) is 4.79 Å². The number of hydrogen-bond donors (Lipinski definition) is 1. The lowest BCUT2D eigenvalue weighted by Crippen LogP contribution is -2.07. The van der Waals surface area contributed by atoms with Gasteiger partial charge < -0.3 is 9.67 Å². The van der Waals surface area contributed by atoms with Gasteiger partial charge in [0.2, 0.25) is 0 Å². The Morgan fingerprint density at radius 2 is 1.96 bits per heavy atom. The van der Waals surface area contributed by atoms with Crippen molar-refractivity contribution in [2.75, 3.05) is 5.75 Å². The van der Waals surface area contributed by atoms with E-state index >= 15 is 0 Å². The van der Waals surface area contributed by atoms with Crippen molar-refractivity contribution in [3.63, 3.8) is 0 Å². The first-order valence-corrected chi connectivity index (χ1v) is 8.44. The van der Waals surface area contributed by atoms with E-state index in [0.29, 0.717) is 17.5 Å². The second-order valence-corrected chi connectivity index (χ2v) is 6.06. The molecule has 0 amide bonds. The maximum absolute atomic E-state index is 10.9. The minimum absolute atomic E-state index is 0.0451. The van der Waals surface area contributed by atoms with Gasteiger partial charge >= 0.3 is 5.97 Å². The summed E-state index contributed by atoms with van der Waals surface area (Å²) >= 11 is 1.18. The zero-order chi connectivity index (χ0) is 16.8. The number of pyridine rings is 1. The van der Waals surface area contributed by atoms with Crippen LogP contribution in [0.2, 0.25) is 0 Å². The summed E-state index contributed by atoms with van der Waals surface area (Å²) in [6.45, 7) is 0.670. The lowest BCUT2D eigenvalue weighted by atomic mass is 10.1. The summed E-state index contributed by atoms with van der Waals surface area (Å²) in [7, 11) is 0. The van der Waals surface area contributed by atoms with Crippen molar-refractivity contribution in [2.45, 2.75) is 18.1 Å². The first kappa shape index (κ1) is 16.2. The number of rotatable bonds is 7. The number of benzene rings is 1. The van der Waals surface area contributed by atoms with Crippen molar-refractivity contribution in [3.05, 3.63) is 60.4 Å². The van der Waals surface area contributed by atoms with E-state index in [2.05, 4.69) is 27.3 Å². The Kier molecular flexibility index (Phi) is 5.22. The molecule has 6 nitrogen and oxygen atoms in total. The monoisotopic (exact) mass is 340 g/mol. The maximum Gasteiger partial charge on any atom is 0.313 e. The first-order valence-electron chi connectivity index (χ1n) is 7.46. The topological polar surface area (TPSA) is 80.9 Å². The number of aliphatic carboxylic acids is 1. The Morgan fingerprint density at radius 1 is 1.12 bits per heavy atom. The third-order valence-electron chi connectivity index (χ3n) is 3.43. The molecule has 24 heavy (non-hydrogen) atoms. The molecule has 0 radical (unpaired) electrons. The van der Waals surface area contributed by atoms with Gasteiger partial charge in [0, 0.05) is 24.5 Å². The molecule has 3 aromatic rings. The second-order valence-electron chi connectivity index (χ2n) is 5.12. The van der Waals surface area contributed by atoms with Crippen molar-refractivity contribution < 1.29 is 9.90 Å². The van der Waals surface area contributed by atoms with Crippen LogP contribution in [0.5, 0.6) is 0 Å². The molecule has 0 fully saturated rings. The largest absolute Gasteiger partial charge is 0.481 e. The molecule has 0 saturated heterocycles. The Balaban J connectivity index is 1.87. The van der Waals surface area contributed by atoms with Gasteiger partial charge in [-0.3, -0.25) is 9.78 Å². The standard InChI is InChI=1S/C17H16N4O2S/c22-15(23)12-24-17-20-19-16(14-7-4-9-18-11-14)21(17)10-8-13-5-2-1-3-6-13/h1-7,9,11H,8,10,12H2,(H,22,23). The number of thioether (sulfide) groups is 1. The van der Waals surface area contributed by atoms with Gasteiger partial charge in [-0.15, -0.1) is 10.2 Å². The van der Waals surface area contributed by atoms with Gasteiger partial charge in [0.1, 0.15) is 0 Å². The molecule has 2 heterocycles. The zero-order valence-corrected chi connectivity index (χ0v) is 13.7. The normalized spacial score (nSPS) is 10.7. The molecule has 3 rings (SSSR count). The summed E-state index contributed by atoms with van der Waals surface area (Å²) in [6.07, 6.45) is 4.25. The number of carboxylic acid groups (broad SMARTS) is 1. The average molecular weight is 340 g/mol. The van der Waals surface area contributed by atoms with E-state index in [4.69, 9.17) is 5.11 Å². The van der Waals surface area contributed by atoms with Crippen LogP contribution in [-0.2, 0) is 17.8 Å². The SMILES string of the molecule is O=C(O)CSc1nnc(-c2cccnc2)n1CCc1ccccc1. The van der Waals surface area contributed by atoms with Gasteiger partial charge in [-0.2, -0.15) is 0 Å². The van der Waals surface area contributed by atoms with Crippen LogP contribution in [0.15, 0.2) is 60.0 Å². The quantitative estimate of drug-likeness (QED) is 0.666. The predicted octanol–water partition coefficient (Wildman–Crippen LogP) is 2.76. The molecule has 2 aromatic heterocycles. The number of aromatic nitrogens is 4. The number of carbonyl (C=O) groups is 1. The Labute approximate surface area is 143 Å². The lowest BCUT2D eigenvalue weighted by molar-refractivity contribution is -0.133. The van der Waals surface area contributed by atoms with E-state index in [1.54, 1.807) is 12.4 Å². The highest BCUT2D eigenvalue weighted by atomic mass is 32.2. The van der Waals surface area contributed by atoms with E-state index in [0.717, 1.165) is 12.0 Å². The van der Waals surface area contributed by atoms with Crippen LogP contribution in [0, 0.1) is 0 Å². The molecule has 0 unspecified atom stereocenters. The Bertz CT molecular complexity index is 806. The zero-order valence-electron chi connectivity index (χ0n) is 12.9. The van der Waals surface area contributed by atoms with Gasteiger partial charge in [-0.1, -0.05) is 42.1 Å². The average Bonchev–Trinajstić information content (AvgIpc) is 3.02. The molecule has 0 atom stereocenters. The van der Waals surface area contributed by atoms with Crippen LogP contribution in [0.4, 0.5) is 0 Å². The summed E-state index contributed by atoms with van der Waals surface area (Å²) in [5, 5.41) is 17.9. The molecule has 0 bridgehead atoms. The second kappa shape index (κ2) is 7.74. The van der Waals surface area contributed by atoms with Gasteiger partial charge in [-0.25, -0.2) is 0 Å². The number of hydrogen-bond acceptors (Lipinski definition) is 5. The minimum atomic E-state index is -0.875. The number of nitrogens with zero attached hydrogens (tertiary/aromatic N) is 4. The Morgan fingerprint density at radius 3 is 2.67 bits per heavy atom. The highest BCUT2D eigenvalue weighted by Crippen LogP contribution is 2.24. The van der Waals surface area contributed by atoms with Crippen LogP contribution in [0.3, 0.4) is 0 Å². The fourth-order valence-electron chi connectivity index (χ4n) is 2.32. The third kappa shape index (κ3) is 3.99. The van der Waals surface area contributed by atoms with Gasteiger partial charge in [0.05, 0.1) is 5.75 Å². The molecule has 0 aliphatic heterocycles. The number of aryl methyl sites for hydroxylation is 1. The van der Waals surface area contributed by atoms with Crippen molar-refractivity contribution in [1.82, 2.24) is 19.7 Å². The van der Waals surface area contributed by atoms with Crippen molar-refractivity contribution in [1.29, 1.82) is 0 Å². The van der Waals surface area contributed by atoms with Crippen molar-refractivity contribution >= 4 is 17.7 Å². The van der Waals surface area contributed by atoms with Crippen LogP contribution in [0.25, 0.3) is 11.4 Å². The van der Waals surface area contributed by atoms with E-state index in [-0.39, 0.29) is 5.75 Å². The predicted molar refractivity (Wildman–Crippen MR) is 91.8 cm³/mol. The smallest absolute Gasteiger partial charge is 0.313 e. The summed E-state index contributed by atoms with van der Waals surface area (Å²) in [4.78, 5) is 15.0. The number of carboxylic acids is 1. The van der Waals surface area contributed by atoms with Gasteiger partial charge in [-0.05, 0) is 24.1 Å². The molecular weight excluding hydrogens is 324 g/mol. The van der Waals surface area contributed by atoms with Crippen LogP contribution in [0.1, 0.15) is 5.56 Å². The highest BCUT2D eigenvalue weighted by molar-refractivity contribution is 7.99. The molecule has 1 N–H and O–H groups in total. The van der Waals surface area contributed by atoms with Crippen LogP contribution >= 0.6 is 11.8 Å². The summed E-state index contributed by atoms with van der Waals surface area (Å²) < 4.78 is 1.96. The first-order chi connectivity index (χ1) is 11.7. The van der Waals surface area contributed by atoms with Crippen LogP contribution in [-0.4, -0.2) is 36.6 Å². The van der Waals surface area contributed by atoms with Crippen molar-refractivity contribution in [2.24, 2.45) is 0 Å². The molecule has 0 aliphatic rings. The molecule has 0 spiro atoms. The maximum atomic E-state index is 10.9. The molecule has 7 heteroatoms. The van der Waals surface area contributed by atoms with Gasteiger partial charge in [0.25, 0.3) is 0 Å². The fourth-order valence-corrected chi connectivity index (χ4v) is 3.00. The summed E-state index contributed by atoms with van der Waals surface area (Å²) in [6, 6.07) is 13.9.